The fraction of sp³-hybridized carbons (Fsp3) is 0.346. The van der Waals surface area contributed by atoms with Gasteiger partial charge >= 0.3 is 5.97 Å². The van der Waals surface area contributed by atoms with Gasteiger partial charge in [-0.2, -0.15) is 0 Å². The Morgan fingerprint density at radius 1 is 0.938 bits per heavy atom. The van der Waals surface area contributed by atoms with E-state index in [2.05, 4.69) is 26.0 Å². The summed E-state index contributed by atoms with van der Waals surface area (Å²) in [4.78, 5) is 22.6. The Bertz CT molecular complexity index is 1230. The van der Waals surface area contributed by atoms with Gasteiger partial charge in [0.1, 0.15) is 16.9 Å². The molecule has 2 aromatic carbocycles. The summed E-state index contributed by atoms with van der Waals surface area (Å²) in [6.07, 6.45) is 6.25. The van der Waals surface area contributed by atoms with Gasteiger partial charge in [-0.25, -0.2) is 14.8 Å². The van der Waals surface area contributed by atoms with Crippen LogP contribution in [0.1, 0.15) is 61.9 Å². The van der Waals surface area contributed by atoms with Crippen molar-refractivity contribution in [3.8, 4) is 5.69 Å². The molecule has 0 saturated carbocycles. The molecule has 166 valence electrons. The summed E-state index contributed by atoms with van der Waals surface area (Å²) in [5.74, 6) is -0.149. The first-order valence-electron chi connectivity index (χ1n) is 11.5. The van der Waals surface area contributed by atoms with Crippen LogP contribution >= 0.6 is 0 Å². The highest BCUT2D eigenvalue weighted by Gasteiger charge is 2.25. The third kappa shape index (κ3) is 4.31. The molecule has 0 atom stereocenters. The molecule has 0 spiro atoms. The number of ether oxygens (including phenoxy) is 1. The molecule has 0 amide bonds. The number of nitrogens with two attached hydrogens (primary N) is 1. The summed E-state index contributed by atoms with van der Waals surface area (Å²) in [5.41, 5.74) is 11.4. The van der Waals surface area contributed by atoms with Crippen LogP contribution in [0.3, 0.4) is 0 Å². The number of nitrogen functional groups attached to an aromatic ring is 1. The minimum absolute atomic E-state index is 0.282. The summed E-state index contributed by atoms with van der Waals surface area (Å²) >= 11 is 0. The van der Waals surface area contributed by atoms with Crippen LogP contribution in [-0.4, -0.2) is 27.1 Å². The number of hydrogen-bond donors (Lipinski definition) is 1. The molecule has 4 aromatic rings. The molecule has 0 fully saturated rings. The van der Waals surface area contributed by atoms with Crippen molar-refractivity contribution in [1.82, 2.24) is 14.5 Å². The fourth-order valence-electron chi connectivity index (χ4n) is 3.91. The van der Waals surface area contributed by atoms with Crippen molar-refractivity contribution in [3.63, 3.8) is 0 Å². The lowest BCUT2D eigenvalue weighted by atomic mass is 10.1. The number of nitrogens with zero attached hydrogens (tertiary/aromatic N) is 3. The predicted molar refractivity (Wildman–Crippen MR) is 129 cm³/mol. The first-order valence-corrected chi connectivity index (χ1v) is 11.5. The summed E-state index contributed by atoms with van der Waals surface area (Å²) in [6, 6.07) is 15.9. The average molecular weight is 431 g/mol. The second-order valence-corrected chi connectivity index (χ2v) is 8.09. The molecule has 2 N–H and O–H groups in total. The van der Waals surface area contributed by atoms with E-state index in [1.807, 2.05) is 36.4 Å². The Kier molecular flexibility index (Phi) is 6.69. The molecule has 0 aliphatic heterocycles. The van der Waals surface area contributed by atoms with Gasteiger partial charge in [0.2, 0.25) is 0 Å². The molecule has 0 radical (unpaired) electrons. The van der Waals surface area contributed by atoms with Crippen molar-refractivity contribution in [2.75, 3.05) is 12.3 Å². The predicted octanol–water partition coefficient (Wildman–Crippen LogP) is 5.85. The smallest absolute Gasteiger partial charge is 0.344 e. The van der Waals surface area contributed by atoms with Gasteiger partial charge in [0, 0.05) is 5.69 Å². The number of fused-ring (bicyclic) bond motifs is 2. The number of benzene rings is 2. The van der Waals surface area contributed by atoms with E-state index in [0.29, 0.717) is 29.1 Å². The van der Waals surface area contributed by atoms with Crippen LogP contribution in [0, 0.1) is 0 Å². The molecule has 4 rings (SSSR count). The molecule has 0 saturated heterocycles. The molecular weight excluding hydrogens is 400 g/mol. The van der Waals surface area contributed by atoms with Gasteiger partial charge < -0.3 is 10.5 Å². The highest BCUT2D eigenvalue weighted by molar-refractivity contribution is 6.09. The normalized spacial score (nSPS) is 11.3. The maximum atomic E-state index is 13.0. The van der Waals surface area contributed by atoms with Crippen molar-refractivity contribution in [2.45, 2.75) is 52.4 Å². The summed E-state index contributed by atoms with van der Waals surface area (Å²) in [6.45, 7) is 4.67. The maximum Gasteiger partial charge on any atom is 0.344 e. The van der Waals surface area contributed by atoms with Crippen molar-refractivity contribution in [3.05, 3.63) is 59.7 Å². The summed E-state index contributed by atoms with van der Waals surface area (Å²) < 4.78 is 7.35. The van der Waals surface area contributed by atoms with E-state index < -0.39 is 5.97 Å². The molecule has 2 aromatic heterocycles. The first kappa shape index (κ1) is 21.8. The minimum atomic E-state index is -0.452. The Morgan fingerprint density at radius 2 is 1.62 bits per heavy atom. The van der Waals surface area contributed by atoms with Crippen LogP contribution in [0.4, 0.5) is 5.82 Å². The number of aryl methyl sites for hydroxylation is 1. The van der Waals surface area contributed by atoms with Gasteiger partial charge in [0.15, 0.2) is 5.65 Å². The van der Waals surface area contributed by atoms with E-state index in [0.717, 1.165) is 49.7 Å². The van der Waals surface area contributed by atoms with Crippen molar-refractivity contribution < 1.29 is 9.53 Å². The second-order valence-electron chi connectivity index (χ2n) is 8.09. The van der Waals surface area contributed by atoms with Crippen LogP contribution in [0.25, 0.3) is 27.9 Å². The standard InChI is InChI=1S/C26H30N4O2/c1-3-5-9-17-32-26(31)22-23-25(29-21-12-8-7-11-20(21)28-23)30(24(22)27)19-15-13-18(14-16-19)10-6-4-2/h7-8,11-16H,3-6,9-10,17,27H2,1-2H3. The van der Waals surface area contributed by atoms with E-state index in [1.54, 1.807) is 4.57 Å². The monoisotopic (exact) mass is 430 g/mol. The number of carbonyl (C=O) groups is 1. The molecule has 0 aliphatic carbocycles. The number of unbranched alkanes of at least 4 members (excludes halogenated alkanes) is 3. The van der Waals surface area contributed by atoms with Crippen molar-refractivity contribution >= 4 is 34.0 Å². The number of aromatic nitrogens is 3. The molecule has 2 heterocycles. The fourth-order valence-corrected chi connectivity index (χ4v) is 3.91. The summed E-state index contributed by atoms with van der Waals surface area (Å²) in [5, 5.41) is 0. The molecule has 0 bridgehead atoms. The first-order chi connectivity index (χ1) is 15.6. The third-order valence-electron chi connectivity index (χ3n) is 5.70. The summed E-state index contributed by atoms with van der Waals surface area (Å²) in [7, 11) is 0. The van der Waals surface area contributed by atoms with Gasteiger partial charge in [-0.15, -0.1) is 0 Å². The van der Waals surface area contributed by atoms with Crippen LogP contribution in [0.5, 0.6) is 0 Å². The zero-order valence-electron chi connectivity index (χ0n) is 18.8. The lowest BCUT2D eigenvalue weighted by Crippen LogP contribution is -2.10. The molecule has 6 nitrogen and oxygen atoms in total. The highest BCUT2D eigenvalue weighted by atomic mass is 16.5. The zero-order chi connectivity index (χ0) is 22.5. The van der Waals surface area contributed by atoms with E-state index in [1.165, 1.54) is 5.56 Å². The van der Waals surface area contributed by atoms with Gasteiger partial charge in [-0.3, -0.25) is 4.57 Å². The number of rotatable bonds is 9. The molecular formula is C26H30N4O2. The average Bonchev–Trinajstić information content (AvgIpc) is 3.10. The lowest BCUT2D eigenvalue weighted by Gasteiger charge is -2.09. The number of esters is 1. The van der Waals surface area contributed by atoms with Crippen LogP contribution < -0.4 is 5.73 Å². The molecule has 32 heavy (non-hydrogen) atoms. The SMILES string of the molecule is CCCCCOC(=O)c1c(N)n(-c2ccc(CCCC)cc2)c2nc3ccccc3nc12. The molecule has 0 unspecified atom stereocenters. The van der Waals surface area contributed by atoms with Gasteiger partial charge in [0.25, 0.3) is 0 Å². The van der Waals surface area contributed by atoms with Crippen LogP contribution in [-0.2, 0) is 11.2 Å². The number of carbonyl (C=O) groups excluding carboxylic acids is 1. The Labute approximate surface area is 188 Å². The lowest BCUT2D eigenvalue weighted by molar-refractivity contribution is 0.0501. The van der Waals surface area contributed by atoms with E-state index in [4.69, 9.17) is 20.4 Å². The quantitative estimate of drug-likeness (QED) is 0.266. The molecule has 0 aliphatic rings. The second kappa shape index (κ2) is 9.81. The van der Waals surface area contributed by atoms with Gasteiger partial charge in [-0.05, 0) is 49.1 Å². The molecule has 6 heteroatoms. The minimum Gasteiger partial charge on any atom is -0.462 e. The van der Waals surface area contributed by atoms with E-state index in [9.17, 15) is 4.79 Å². The number of hydrogen-bond acceptors (Lipinski definition) is 5. The van der Waals surface area contributed by atoms with E-state index in [-0.39, 0.29) is 5.56 Å². The van der Waals surface area contributed by atoms with Crippen LogP contribution in [0.15, 0.2) is 48.5 Å². The topological polar surface area (TPSA) is 83.0 Å². The Morgan fingerprint density at radius 3 is 2.31 bits per heavy atom. The number of anilines is 1. The third-order valence-corrected chi connectivity index (χ3v) is 5.70. The maximum absolute atomic E-state index is 13.0. The van der Waals surface area contributed by atoms with Gasteiger partial charge in [-0.1, -0.05) is 57.4 Å². The van der Waals surface area contributed by atoms with Crippen molar-refractivity contribution in [2.24, 2.45) is 0 Å². The Balaban J connectivity index is 1.82. The van der Waals surface area contributed by atoms with E-state index >= 15 is 0 Å². The Hall–Kier alpha value is -3.41. The van der Waals surface area contributed by atoms with Gasteiger partial charge in [0.05, 0.1) is 17.6 Å². The van der Waals surface area contributed by atoms with Crippen molar-refractivity contribution in [1.29, 1.82) is 0 Å². The van der Waals surface area contributed by atoms with Crippen LogP contribution in [0.2, 0.25) is 0 Å². The zero-order valence-corrected chi connectivity index (χ0v) is 18.8. The largest absolute Gasteiger partial charge is 0.462 e. The highest BCUT2D eigenvalue weighted by Crippen LogP contribution is 2.31. The number of para-hydroxylation sites is 2.